The highest BCUT2D eigenvalue weighted by molar-refractivity contribution is 6.30. The van der Waals surface area contributed by atoms with Crippen LogP contribution in [0.1, 0.15) is 24.1 Å². The minimum absolute atomic E-state index is 0.266. The van der Waals surface area contributed by atoms with Crippen molar-refractivity contribution in [2.45, 2.75) is 13.0 Å². The smallest absolute Gasteiger partial charge is 0.0584 e. The quantitative estimate of drug-likeness (QED) is 0.829. The monoisotopic (exact) mass is 269 g/mol. The summed E-state index contributed by atoms with van der Waals surface area (Å²) in [5.41, 5.74) is 2.26. The average molecular weight is 270 g/mol. The maximum Gasteiger partial charge on any atom is 0.0584 e. The van der Waals surface area contributed by atoms with E-state index >= 15 is 0 Å². The summed E-state index contributed by atoms with van der Waals surface area (Å²) in [6, 6.07) is 18.1. The number of nitrogens with one attached hydrogen (secondary N) is 1. The Labute approximate surface area is 119 Å². The van der Waals surface area contributed by atoms with Crippen LogP contribution in [0.4, 0.5) is 0 Å². The van der Waals surface area contributed by atoms with Gasteiger partial charge in [-0.3, -0.25) is 5.32 Å². The van der Waals surface area contributed by atoms with Gasteiger partial charge in [0.15, 0.2) is 0 Å². The lowest BCUT2D eigenvalue weighted by Crippen LogP contribution is -2.18. The van der Waals surface area contributed by atoms with E-state index in [0.29, 0.717) is 6.54 Å². The summed E-state index contributed by atoms with van der Waals surface area (Å²) in [5.74, 6) is 6.25. The van der Waals surface area contributed by atoms with E-state index in [4.69, 9.17) is 11.6 Å². The predicted molar refractivity (Wildman–Crippen MR) is 81.2 cm³/mol. The van der Waals surface area contributed by atoms with Gasteiger partial charge in [0, 0.05) is 16.6 Å². The largest absolute Gasteiger partial charge is 0.300 e. The van der Waals surface area contributed by atoms with Gasteiger partial charge in [-0.25, -0.2) is 0 Å². The third-order valence-corrected chi connectivity index (χ3v) is 3.13. The van der Waals surface area contributed by atoms with Gasteiger partial charge in [-0.1, -0.05) is 53.8 Å². The molecule has 2 aromatic rings. The minimum atomic E-state index is 0.266. The van der Waals surface area contributed by atoms with Crippen molar-refractivity contribution in [2.24, 2.45) is 0 Å². The van der Waals surface area contributed by atoms with Gasteiger partial charge in [-0.2, -0.15) is 0 Å². The Morgan fingerprint density at radius 1 is 1.05 bits per heavy atom. The molecule has 0 aromatic heterocycles. The van der Waals surface area contributed by atoms with Gasteiger partial charge in [0.25, 0.3) is 0 Å². The Kier molecular flexibility index (Phi) is 5.03. The minimum Gasteiger partial charge on any atom is -0.300 e. The molecule has 1 atom stereocenters. The molecule has 19 heavy (non-hydrogen) atoms. The van der Waals surface area contributed by atoms with Crippen molar-refractivity contribution in [3.8, 4) is 11.8 Å². The number of hydrogen-bond donors (Lipinski definition) is 1. The second-order valence-corrected chi connectivity index (χ2v) is 4.76. The summed E-state index contributed by atoms with van der Waals surface area (Å²) < 4.78 is 0. The Bertz CT molecular complexity index is 564. The lowest BCUT2D eigenvalue weighted by atomic mass is 10.1. The number of rotatable bonds is 3. The van der Waals surface area contributed by atoms with E-state index in [1.165, 1.54) is 5.56 Å². The van der Waals surface area contributed by atoms with Gasteiger partial charge in [0.2, 0.25) is 0 Å². The lowest BCUT2D eigenvalue weighted by Gasteiger charge is -2.11. The fourth-order valence-electron chi connectivity index (χ4n) is 1.74. The second kappa shape index (κ2) is 6.99. The first-order valence-electron chi connectivity index (χ1n) is 6.28. The molecule has 0 radical (unpaired) electrons. The SMILES string of the molecule is CC(NCC#Cc1ccccc1)c1ccc(Cl)cc1. The van der Waals surface area contributed by atoms with E-state index in [9.17, 15) is 0 Å². The molecule has 0 fully saturated rings. The van der Waals surface area contributed by atoms with Crippen LogP contribution in [0.15, 0.2) is 54.6 Å². The molecular formula is C17H16ClN. The summed E-state index contributed by atoms with van der Waals surface area (Å²) in [6.45, 7) is 2.78. The lowest BCUT2D eigenvalue weighted by molar-refractivity contribution is 0.623. The molecule has 2 heteroatoms. The summed E-state index contributed by atoms with van der Waals surface area (Å²) in [6.07, 6.45) is 0. The molecule has 0 aliphatic heterocycles. The maximum atomic E-state index is 5.87. The summed E-state index contributed by atoms with van der Waals surface area (Å²) in [5, 5.41) is 4.14. The number of hydrogen-bond acceptors (Lipinski definition) is 1. The molecule has 0 heterocycles. The zero-order valence-corrected chi connectivity index (χ0v) is 11.6. The zero-order chi connectivity index (χ0) is 13.5. The van der Waals surface area contributed by atoms with E-state index in [2.05, 4.69) is 24.1 Å². The van der Waals surface area contributed by atoms with E-state index in [-0.39, 0.29) is 6.04 Å². The molecule has 1 unspecified atom stereocenters. The van der Waals surface area contributed by atoms with Crippen molar-refractivity contribution < 1.29 is 0 Å². The summed E-state index contributed by atoms with van der Waals surface area (Å²) in [4.78, 5) is 0. The van der Waals surface area contributed by atoms with Crippen LogP contribution in [0.25, 0.3) is 0 Å². The standard InChI is InChI=1S/C17H16ClN/c1-14(16-9-11-17(18)12-10-16)19-13-5-8-15-6-3-2-4-7-15/h2-4,6-7,9-12,14,19H,13H2,1H3. The maximum absolute atomic E-state index is 5.87. The first-order chi connectivity index (χ1) is 9.25. The molecule has 0 bridgehead atoms. The average Bonchev–Trinajstić information content (AvgIpc) is 2.45. The molecule has 0 aliphatic rings. The van der Waals surface area contributed by atoms with Gasteiger partial charge in [-0.05, 0) is 36.8 Å². The molecule has 0 saturated carbocycles. The Balaban J connectivity index is 1.86. The topological polar surface area (TPSA) is 12.0 Å². The molecule has 1 nitrogen and oxygen atoms in total. The molecule has 0 spiro atoms. The third kappa shape index (κ3) is 4.44. The molecule has 0 aliphatic carbocycles. The summed E-state index contributed by atoms with van der Waals surface area (Å²) in [7, 11) is 0. The first kappa shape index (κ1) is 13.7. The Hall–Kier alpha value is -1.75. The van der Waals surface area contributed by atoms with Gasteiger partial charge in [0.1, 0.15) is 0 Å². The van der Waals surface area contributed by atoms with Gasteiger partial charge < -0.3 is 0 Å². The van der Waals surface area contributed by atoms with Crippen LogP contribution in [-0.4, -0.2) is 6.54 Å². The Morgan fingerprint density at radius 3 is 2.42 bits per heavy atom. The van der Waals surface area contributed by atoms with E-state index < -0.39 is 0 Å². The molecule has 0 amide bonds. The van der Waals surface area contributed by atoms with E-state index in [1.54, 1.807) is 0 Å². The summed E-state index contributed by atoms with van der Waals surface area (Å²) >= 11 is 5.87. The molecule has 0 saturated heterocycles. The zero-order valence-electron chi connectivity index (χ0n) is 10.9. The van der Waals surface area contributed by atoms with Crippen LogP contribution in [0.5, 0.6) is 0 Å². The van der Waals surface area contributed by atoms with Gasteiger partial charge in [-0.15, -0.1) is 0 Å². The Morgan fingerprint density at radius 2 is 1.74 bits per heavy atom. The third-order valence-electron chi connectivity index (χ3n) is 2.87. The molecule has 1 N–H and O–H groups in total. The predicted octanol–water partition coefficient (Wildman–Crippen LogP) is 4.04. The van der Waals surface area contributed by atoms with Crippen LogP contribution >= 0.6 is 11.6 Å². The van der Waals surface area contributed by atoms with Crippen LogP contribution in [0.3, 0.4) is 0 Å². The van der Waals surface area contributed by atoms with Crippen LogP contribution in [0.2, 0.25) is 5.02 Å². The van der Waals surface area contributed by atoms with E-state index in [0.717, 1.165) is 10.6 Å². The van der Waals surface area contributed by atoms with Crippen molar-refractivity contribution in [3.05, 3.63) is 70.7 Å². The first-order valence-corrected chi connectivity index (χ1v) is 6.66. The number of benzene rings is 2. The van der Waals surface area contributed by atoms with Gasteiger partial charge >= 0.3 is 0 Å². The highest BCUT2D eigenvalue weighted by atomic mass is 35.5. The van der Waals surface area contributed by atoms with Gasteiger partial charge in [0.05, 0.1) is 6.54 Å². The highest BCUT2D eigenvalue weighted by Gasteiger charge is 2.02. The molecule has 96 valence electrons. The van der Waals surface area contributed by atoms with Crippen LogP contribution < -0.4 is 5.32 Å². The number of halogens is 1. The van der Waals surface area contributed by atoms with Crippen LogP contribution in [0, 0.1) is 11.8 Å². The van der Waals surface area contributed by atoms with Crippen molar-refractivity contribution in [1.29, 1.82) is 0 Å². The highest BCUT2D eigenvalue weighted by Crippen LogP contribution is 2.15. The second-order valence-electron chi connectivity index (χ2n) is 4.32. The molecular weight excluding hydrogens is 254 g/mol. The van der Waals surface area contributed by atoms with Crippen molar-refractivity contribution >= 4 is 11.6 Å². The fraction of sp³-hybridized carbons (Fsp3) is 0.176. The van der Waals surface area contributed by atoms with E-state index in [1.807, 2.05) is 54.6 Å². The molecule has 2 rings (SSSR count). The van der Waals surface area contributed by atoms with Crippen LogP contribution in [-0.2, 0) is 0 Å². The van der Waals surface area contributed by atoms with Crippen molar-refractivity contribution in [1.82, 2.24) is 5.32 Å². The van der Waals surface area contributed by atoms with Crippen molar-refractivity contribution in [3.63, 3.8) is 0 Å². The van der Waals surface area contributed by atoms with Crippen molar-refractivity contribution in [2.75, 3.05) is 6.54 Å². The molecule has 2 aromatic carbocycles. The fourth-order valence-corrected chi connectivity index (χ4v) is 1.87. The normalized spacial score (nSPS) is 11.5.